The average molecular weight is 535 g/mol. The van der Waals surface area contributed by atoms with Gasteiger partial charge in [-0.1, -0.05) is 23.5 Å². The van der Waals surface area contributed by atoms with Crippen LogP contribution < -0.4 is 14.4 Å². The number of benzene rings is 2. The molecule has 10 heteroatoms. The number of hydrogen-bond donors (Lipinski definition) is 1. The molecule has 2 atom stereocenters. The van der Waals surface area contributed by atoms with Crippen LogP contribution in [0.4, 0.5) is 5.13 Å². The number of carbonyl (C=O) groups is 3. The lowest BCUT2D eigenvalue weighted by Crippen LogP contribution is -2.29. The normalized spacial score (nSPS) is 19.8. The van der Waals surface area contributed by atoms with Crippen molar-refractivity contribution in [3.63, 3.8) is 0 Å². The molecule has 196 valence electrons. The second-order valence-electron chi connectivity index (χ2n) is 9.03. The Balaban J connectivity index is 1.69. The maximum Gasteiger partial charge on any atom is 0.350 e. The quantitative estimate of drug-likeness (QED) is 0.211. The fraction of sp³-hybridized carbons (Fsp3) is 0.286. The highest BCUT2D eigenvalue weighted by Gasteiger charge is 2.48. The van der Waals surface area contributed by atoms with Crippen LogP contribution in [0.1, 0.15) is 51.9 Å². The largest absolute Gasteiger partial charge is 0.507 e. The maximum atomic E-state index is 13.5. The zero-order valence-corrected chi connectivity index (χ0v) is 22.1. The van der Waals surface area contributed by atoms with Gasteiger partial charge in [0.05, 0.1) is 31.0 Å². The van der Waals surface area contributed by atoms with E-state index >= 15 is 0 Å². The molecule has 3 aromatic rings. The van der Waals surface area contributed by atoms with Crippen molar-refractivity contribution in [3.8, 4) is 11.5 Å². The number of nitrogens with zero attached hydrogens (tertiary/aromatic N) is 2. The highest BCUT2D eigenvalue weighted by Crippen LogP contribution is 2.45. The number of fused-ring (bicyclic) bond motifs is 1. The Morgan fingerprint density at radius 1 is 1.24 bits per heavy atom. The van der Waals surface area contributed by atoms with E-state index in [-0.39, 0.29) is 27.4 Å². The molecule has 5 rings (SSSR count). The van der Waals surface area contributed by atoms with Crippen molar-refractivity contribution in [3.05, 3.63) is 75.3 Å². The lowest BCUT2D eigenvalue weighted by Gasteiger charge is -2.23. The summed E-state index contributed by atoms with van der Waals surface area (Å²) in [5, 5.41) is 11.6. The summed E-state index contributed by atoms with van der Waals surface area (Å²) in [5.41, 5.74) is 2.14. The van der Waals surface area contributed by atoms with Gasteiger partial charge in [-0.15, -0.1) is 0 Å². The number of amides is 1. The number of ether oxygens (including phenoxy) is 3. The monoisotopic (exact) mass is 534 g/mol. The summed E-state index contributed by atoms with van der Waals surface area (Å²) in [6.07, 6.45) is 0.672. The second-order valence-corrected chi connectivity index (χ2v) is 10.0. The van der Waals surface area contributed by atoms with Gasteiger partial charge >= 0.3 is 11.9 Å². The number of thiazole rings is 1. The summed E-state index contributed by atoms with van der Waals surface area (Å²) in [6.45, 7) is 5.85. The van der Waals surface area contributed by atoms with Crippen LogP contribution in [0.25, 0.3) is 5.76 Å². The Kier molecular flexibility index (Phi) is 6.66. The topological polar surface area (TPSA) is 115 Å². The summed E-state index contributed by atoms with van der Waals surface area (Å²) < 4.78 is 16.3. The van der Waals surface area contributed by atoms with E-state index in [1.54, 1.807) is 49.4 Å². The van der Waals surface area contributed by atoms with Crippen LogP contribution in [0, 0.1) is 6.92 Å². The maximum absolute atomic E-state index is 13.5. The van der Waals surface area contributed by atoms with Crippen molar-refractivity contribution in [2.75, 3.05) is 18.6 Å². The van der Waals surface area contributed by atoms with E-state index in [0.29, 0.717) is 35.6 Å². The Morgan fingerprint density at radius 2 is 2.03 bits per heavy atom. The van der Waals surface area contributed by atoms with Gasteiger partial charge in [0.2, 0.25) is 0 Å². The van der Waals surface area contributed by atoms with Gasteiger partial charge in [0.25, 0.3) is 5.78 Å². The van der Waals surface area contributed by atoms with Gasteiger partial charge in [-0.05, 0) is 62.2 Å². The smallest absolute Gasteiger partial charge is 0.350 e. The van der Waals surface area contributed by atoms with Gasteiger partial charge in [-0.25, -0.2) is 9.78 Å². The summed E-state index contributed by atoms with van der Waals surface area (Å²) >= 11 is 0.949. The molecule has 1 aromatic heterocycles. The minimum absolute atomic E-state index is 0.00595. The third-order valence-electron chi connectivity index (χ3n) is 6.46. The fourth-order valence-corrected chi connectivity index (χ4v) is 5.79. The number of carbonyl (C=O) groups excluding carboxylic acids is 3. The van der Waals surface area contributed by atoms with Gasteiger partial charge in [-0.2, -0.15) is 0 Å². The number of aromatic nitrogens is 1. The summed E-state index contributed by atoms with van der Waals surface area (Å²) in [6, 6.07) is 11.2. The fourth-order valence-electron chi connectivity index (χ4n) is 4.78. The van der Waals surface area contributed by atoms with Crippen LogP contribution in [-0.4, -0.2) is 47.6 Å². The Hall–Kier alpha value is -4.18. The molecular weight excluding hydrogens is 508 g/mol. The number of ketones is 1. The lowest BCUT2D eigenvalue weighted by atomic mass is 9.94. The first kappa shape index (κ1) is 25.5. The molecule has 1 fully saturated rings. The Bertz CT molecular complexity index is 1490. The van der Waals surface area contributed by atoms with Crippen LogP contribution in [0.2, 0.25) is 0 Å². The standard InChI is InChI=1S/C28H26N2O7S/c1-5-36-19-8-6-7-16(13-19)22-21(23(31)17-9-10-20-18(12-17)11-14(2)37-20)24(32)26(33)30(22)28-29-15(3)25(38-28)27(34)35-4/h6-10,12-14,22,31H,5,11H2,1-4H3/b23-21+/t14-,22+/m0/s1. The predicted molar refractivity (Wildman–Crippen MR) is 141 cm³/mol. The van der Waals surface area contributed by atoms with Crippen LogP contribution in [0.15, 0.2) is 48.0 Å². The number of anilines is 1. The van der Waals surface area contributed by atoms with Crippen molar-refractivity contribution in [2.24, 2.45) is 0 Å². The Morgan fingerprint density at radius 3 is 2.76 bits per heavy atom. The second kappa shape index (κ2) is 9.94. The molecular formula is C28H26N2O7S. The molecule has 38 heavy (non-hydrogen) atoms. The molecule has 2 aliphatic rings. The first-order chi connectivity index (χ1) is 18.2. The average Bonchev–Trinajstić information content (AvgIpc) is 3.55. The number of aliphatic hydroxyl groups is 1. The molecule has 0 unspecified atom stereocenters. The van der Waals surface area contributed by atoms with E-state index in [2.05, 4.69) is 4.98 Å². The van der Waals surface area contributed by atoms with Gasteiger partial charge in [0, 0.05) is 12.0 Å². The van der Waals surface area contributed by atoms with Crippen LogP contribution in [-0.2, 0) is 20.7 Å². The van der Waals surface area contributed by atoms with E-state index in [0.717, 1.165) is 22.6 Å². The summed E-state index contributed by atoms with van der Waals surface area (Å²) in [7, 11) is 1.26. The number of methoxy groups -OCH3 is 1. The molecule has 1 N–H and O–H groups in total. The first-order valence-electron chi connectivity index (χ1n) is 12.1. The zero-order valence-electron chi connectivity index (χ0n) is 21.3. The molecule has 9 nitrogen and oxygen atoms in total. The van der Waals surface area contributed by atoms with E-state index < -0.39 is 23.7 Å². The zero-order chi connectivity index (χ0) is 27.1. The number of hydrogen-bond acceptors (Lipinski definition) is 9. The molecule has 1 saturated heterocycles. The molecule has 2 aromatic carbocycles. The third kappa shape index (κ3) is 4.30. The molecule has 0 radical (unpaired) electrons. The highest BCUT2D eigenvalue weighted by atomic mass is 32.1. The molecule has 1 amide bonds. The minimum Gasteiger partial charge on any atom is -0.507 e. The van der Waals surface area contributed by atoms with Gasteiger partial charge < -0.3 is 19.3 Å². The highest BCUT2D eigenvalue weighted by molar-refractivity contribution is 7.17. The molecule has 0 bridgehead atoms. The molecule has 2 aliphatic heterocycles. The van der Waals surface area contributed by atoms with Crippen LogP contribution in [0.3, 0.4) is 0 Å². The molecule has 3 heterocycles. The molecule has 0 aliphatic carbocycles. The third-order valence-corrected chi connectivity index (χ3v) is 7.60. The SMILES string of the molecule is CCOc1cccc([C@@H]2/C(=C(\O)c3ccc4c(c3)C[C@H](C)O4)C(=O)C(=O)N2c2nc(C)c(C(=O)OC)s2)c1. The minimum atomic E-state index is -1.00. The summed E-state index contributed by atoms with van der Waals surface area (Å²) in [4.78, 5) is 45.1. The number of aliphatic hydroxyl groups excluding tert-OH is 1. The van der Waals surface area contributed by atoms with Gasteiger partial charge in [0.15, 0.2) is 5.13 Å². The molecule has 0 saturated carbocycles. The number of rotatable bonds is 6. The molecule has 0 spiro atoms. The van der Waals surface area contributed by atoms with E-state index in [1.165, 1.54) is 12.0 Å². The summed E-state index contributed by atoms with van der Waals surface area (Å²) in [5.74, 6) is -1.34. The van der Waals surface area contributed by atoms with Gasteiger partial charge in [0.1, 0.15) is 28.2 Å². The van der Waals surface area contributed by atoms with Crippen LogP contribution in [0.5, 0.6) is 11.5 Å². The van der Waals surface area contributed by atoms with E-state index in [1.807, 2.05) is 13.8 Å². The van der Waals surface area contributed by atoms with E-state index in [4.69, 9.17) is 14.2 Å². The van der Waals surface area contributed by atoms with Crippen molar-refractivity contribution in [2.45, 2.75) is 39.3 Å². The van der Waals surface area contributed by atoms with E-state index in [9.17, 15) is 19.5 Å². The van der Waals surface area contributed by atoms with Crippen molar-refractivity contribution in [1.82, 2.24) is 4.98 Å². The number of aryl methyl sites for hydroxylation is 1. The Labute approximate surface area is 223 Å². The van der Waals surface area contributed by atoms with Crippen molar-refractivity contribution < 1.29 is 33.7 Å². The predicted octanol–water partition coefficient (Wildman–Crippen LogP) is 4.59. The van der Waals surface area contributed by atoms with Gasteiger partial charge in [-0.3, -0.25) is 14.5 Å². The number of esters is 1. The first-order valence-corrected chi connectivity index (χ1v) is 12.9. The van der Waals surface area contributed by atoms with Crippen molar-refractivity contribution in [1.29, 1.82) is 0 Å². The lowest BCUT2D eigenvalue weighted by molar-refractivity contribution is -0.132. The number of Topliss-reactive ketones (excluding diaryl/α,β-unsaturated/α-hetero) is 1. The van der Waals surface area contributed by atoms with Crippen molar-refractivity contribution >= 4 is 39.9 Å². The van der Waals surface area contributed by atoms with Crippen LogP contribution >= 0.6 is 11.3 Å².